The van der Waals surface area contributed by atoms with Crippen molar-refractivity contribution < 1.29 is 5.11 Å². The normalized spacial score (nSPS) is 23.3. The maximum atomic E-state index is 10.7. The van der Waals surface area contributed by atoms with Crippen molar-refractivity contribution in [3.8, 4) is 0 Å². The summed E-state index contributed by atoms with van der Waals surface area (Å²) in [5.74, 6) is 0. The Kier molecular flexibility index (Phi) is 11.2. The molecule has 0 radical (unpaired) electrons. The van der Waals surface area contributed by atoms with Gasteiger partial charge in [-0.2, -0.15) is 0 Å². The molecule has 0 aromatic heterocycles. The van der Waals surface area contributed by atoms with Crippen LogP contribution >= 0.6 is 0 Å². The van der Waals surface area contributed by atoms with E-state index in [0.717, 1.165) is 13.1 Å². The zero-order chi connectivity index (χ0) is 18.6. The van der Waals surface area contributed by atoms with Crippen molar-refractivity contribution >= 4 is 0 Å². The summed E-state index contributed by atoms with van der Waals surface area (Å²) in [7, 11) is 4.48. The lowest BCUT2D eigenvalue weighted by molar-refractivity contribution is 0.0566. The Hall–Kier alpha value is -0.120. The minimum Gasteiger partial charge on any atom is -0.390 e. The van der Waals surface area contributed by atoms with Gasteiger partial charge in [0.2, 0.25) is 0 Å². The number of nitrogens with zero attached hydrogens (tertiary/aromatic N) is 2. The molecule has 3 nitrogen and oxygen atoms in total. The first kappa shape index (κ1) is 22.2. The molecule has 2 fully saturated rings. The van der Waals surface area contributed by atoms with Crippen LogP contribution in [0.15, 0.2) is 0 Å². The molecule has 154 valence electrons. The van der Waals surface area contributed by atoms with Crippen molar-refractivity contribution in [1.29, 1.82) is 0 Å². The summed E-state index contributed by atoms with van der Waals surface area (Å²) < 4.78 is 0. The van der Waals surface area contributed by atoms with Crippen LogP contribution in [0.1, 0.15) is 103 Å². The second-order valence-electron chi connectivity index (χ2n) is 9.24. The van der Waals surface area contributed by atoms with Gasteiger partial charge in [-0.3, -0.25) is 0 Å². The second-order valence-corrected chi connectivity index (χ2v) is 9.24. The first-order chi connectivity index (χ1) is 12.7. The first-order valence-corrected chi connectivity index (χ1v) is 11.8. The van der Waals surface area contributed by atoms with Gasteiger partial charge >= 0.3 is 0 Å². The summed E-state index contributed by atoms with van der Waals surface area (Å²) in [4.78, 5) is 4.93. The molecule has 0 aromatic carbocycles. The Bertz CT molecular complexity index is 297. The molecule has 0 atom stereocenters. The fourth-order valence-corrected chi connectivity index (χ4v) is 5.13. The minimum atomic E-state index is -0.217. The smallest absolute Gasteiger partial charge is 0.0793 e. The van der Waals surface area contributed by atoms with Gasteiger partial charge < -0.3 is 14.9 Å². The number of aliphatic hydroxyl groups is 1. The van der Waals surface area contributed by atoms with E-state index >= 15 is 0 Å². The van der Waals surface area contributed by atoms with Gasteiger partial charge in [0.15, 0.2) is 0 Å². The van der Waals surface area contributed by atoms with E-state index in [1.54, 1.807) is 0 Å². The maximum absolute atomic E-state index is 10.7. The highest BCUT2D eigenvalue weighted by atomic mass is 16.3. The molecular weight excluding hydrogens is 320 g/mol. The molecule has 2 aliphatic carbocycles. The van der Waals surface area contributed by atoms with Crippen molar-refractivity contribution in [2.75, 3.05) is 27.2 Å². The first-order valence-electron chi connectivity index (χ1n) is 11.8. The van der Waals surface area contributed by atoms with Crippen LogP contribution in [0.25, 0.3) is 0 Å². The number of hydrogen-bond acceptors (Lipinski definition) is 3. The molecule has 2 saturated carbocycles. The summed E-state index contributed by atoms with van der Waals surface area (Å²) in [6.45, 7) is 1.67. The van der Waals surface area contributed by atoms with Crippen LogP contribution in [0.2, 0.25) is 0 Å². The van der Waals surface area contributed by atoms with Crippen molar-refractivity contribution in [2.45, 2.75) is 121 Å². The van der Waals surface area contributed by atoms with Gasteiger partial charge in [0.1, 0.15) is 0 Å². The number of hydrogen-bond donors (Lipinski definition) is 1. The molecule has 26 heavy (non-hydrogen) atoms. The topological polar surface area (TPSA) is 26.7 Å². The number of likely N-dealkylation sites (N-methyl/N-ethyl adjacent to an activating group) is 2. The van der Waals surface area contributed by atoms with Crippen LogP contribution in [0.4, 0.5) is 0 Å². The Morgan fingerprint density at radius 2 is 0.846 bits per heavy atom. The van der Waals surface area contributed by atoms with E-state index in [1.807, 2.05) is 0 Å². The van der Waals surface area contributed by atoms with Crippen molar-refractivity contribution in [2.24, 2.45) is 0 Å². The monoisotopic (exact) mass is 366 g/mol. The lowest BCUT2D eigenvalue weighted by atomic mass is 10.0. The van der Waals surface area contributed by atoms with Gasteiger partial charge in [0.05, 0.1) is 6.10 Å². The fraction of sp³-hybridized carbons (Fsp3) is 1.00. The molecule has 0 aliphatic heterocycles. The van der Waals surface area contributed by atoms with Crippen molar-refractivity contribution in [3.05, 3.63) is 0 Å². The Balaban J connectivity index is 1.74. The molecular formula is C23H46N2O. The third-order valence-electron chi connectivity index (χ3n) is 6.89. The largest absolute Gasteiger partial charge is 0.390 e. The Morgan fingerprint density at radius 1 is 0.577 bits per heavy atom. The lowest BCUT2D eigenvalue weighted by Gasteiger charge is -2.33. The molecule has 3 heteroatoms. The SMILES string of the molecule is CN(CC(O)CN(C)C1CCCCCCCC1)C1CCCCCCCC1. The van der Waals surface area contributed by atoms with E-state index < -0.39 is 0 Å². The molecule has 0 unspecified atom stereocenters. The average Bonchev–Trinajstić information content (AvgIpc) is 2.84. The highest BCUT2D eigenvalue weighted by molar-refractivity contribution is 4.77. The van der Waals surface area contributed by atoms with Crippen molar-refractivity contribution in [1.82, 2.24) is 9.80 Å². The lowest BCUT2D eigenvalue weighted by Crippen LogP contribution is -2.44. The Morgan fingerprint density at radius 3 is 1.15 bits per heavy atom. The summed E-state index contributed by atoms with van der Waals surface area (Å²) >= 11 is 0. The fourth-order valence-electron chi connectivity index (χ4n) is 5.13. The van der Waals surface area contributed by atoms with Gasteiger partial charge in [-0.05, 0) is 39.8 Å². The highest BCUT2D eigenvalue weighted by Gasteiger charge is 2.22. The minimum absolute atomic E-state index is 0.217. The van der Waals surface area contributed by atoms with Gasteiger partial charge in [-0.25, -0.2) is 0 Å². The van der Waals surface area contributed by atoms with Crippen LogP contribution in [0.3, 0.4) is 0 Å². The van der Waals surface area contributed by atoms with E-state index in [1.165, 1.54) is 103 Å². The molecule has 0 amide bonds. The van der Waals surface area contributed by atoms with Gasteiger partial charge in [-0.1, -0.05) is 77.0 Å². The third kappa shape index (κ3) is 8.71. The molecule has 1 N–H and O–H groups in total. The average molecular weight is 367 g/mol. The van der Waals surface area contributed by atoms with Gasteiger partial charge in [0.25, 0.3) is 0 Å². The zero-order valence-corrected chi connectivity index (χ0v) is 17.8. The predicted molar refractivity (Wildman–Crippen MR) is 113 cm³/mol. The van der Waals surface area contributed by atoms with E-state index in [2.05, 4.69) is 23.9 Å². The van der Waals surface area contributed by atoms with Crippen LogP contribution in [-0.2, 0) is 0 Å². The van der Waals surface area contributed by atoms with Gasteiger partial charge in [0, 0.05) is 25.2 Å². The highest BCUT2D eigenvalue weighted by Crippen LogP contribution is 2.22. The number of rotatable bonds is 6. The number of aliphatic hydroxyl groups excluding tert-OH is 1. The van der Waals surface area contributed by atoms with Crippen molar-refractivity contribution in [3.63, 3.8) is 0 Å². The van der Waals surface area contributed by atoms with E-state index in [0.29, 0.717) is 12.1 Å². The van der Waals surface area contributed by atoms with E-state index in [9.17, 15) is 5.11 Å². The molecule has 2 rings (SSSR count). The maximum Gasteiger partial charge on any atom is 0.0793 e. The molecule has 0 bridgehead atoms. The predicted octanol–water partition coefficient (Wildman–Crippen LogP) is 5.22. The quantitative estimate of drug-likeness (QED) is 0.698. The summed E-state index contributed by atoms with van der Waals surface area (Å²) in [6.07, 6.45) is 21.8. The standard InChI is InChI=1S/C23H46N2O/c1-24(21-15-11-7-3-4-8-12-16-21)19-23(26)20-25(2)22-17-13-9-5-6-10-14-18-22/h21-23,26H,3-20H2,1-2H3. The molecule has 0 aromatic rings. The summed E-state index contributed by atoms with van der Waals surface area (Å²) in [5, 5.41) is 10.7. The zero-order valence-electron chi connectivity index (χ0n) is 17.8. The summed E-state index contributed by atoms with van der Waals surface area (Å²) in [5.41, 5.74) is 0. The molecule has 2 aliphatic rings. The molecule has 0 spiro atoms. The second kappa shape index (κ2) is 13.1. The van der Waals surface area contributed by atoms with E-state index in [4.69, 9.17) is 0 Å². The van der Waals surface area contributed by atoms with Gasteiger partial charge in [-0.15, -0.1) is 0 Å². The van der Waals surface area contributed by atoms with E-state index in [-0.39, 0.29) is 6.10 Å². The summed E-state index contributed by atoms with van der Waals surface area (Å²) in [6, 6.07) is 1.36. The van der Waals surface area contributed by atoms with Crippen LogP contribution in [0.5, 0.6) is 0 Å². The van der Waals surface area contributed by atoms with Crippen LogP contribution < -0.4 is 0 Å². The van der Waals surface area contributed by atoms with Crippen LogP contribution in [0, 0.1) is 0 Å². The molecule has 0 saturated heterocycles. The third-order valence-corrected chi connectivity index (χ3v) is 6.89. The Labute approximate surface area is 163 Å². The molecule has 0 heterocycles. The van der Waals surface area contributed by atoms with Crippen LogP contribution in [-0.4, -0.2) is 60.3 Å².